The number of rotatable bonds is 3. The molecule has 74 valence electrons. The molecule has 0 aliphatic heterocycles. The fourth-order valence-corrected chi connectivity index (χ4v) is 1.38. The van der Waals surface area contributed by atoms with E-state index < -0.39 is 0 Å². The van der Waals surface area contributed by atoms with Gasteiger partial charge in [0.2, 0.25) is 0 Å². The number of benzene rings is 1. The summed E-state index contributed by atoms with van der Waals surface area (Å²) in [4.78, 5) is 14.3. The van der Waals surface area contributed by atoms with Crippen molar-refractivity contribution in [1.82, 2.24) is 4.98 Å². The Kier molecular flexibility index (Phi) is 2.74. The molecule has 0 bridgehead atoms. The van der Waals surface area contributed by atoms with Crippen LogP contribution in [0.15, 0.2) is 48.8 Å². The van der Waals surface area contributed by atoms with Crippen molar-refractivity contribution >= 4 is 6.47 Å². The van der Waals surface area contributed by atoms with Gasteiger partial charge in [-0.05, 0) is 12.1 Å². The Labute approximate surface area is 87.3 Å². The topological polar surface area (TPSA) is 39.2 Å². The van der Waals surface area contributed by atoms with E-state index in [2.05, 4.69) is 4.98 Å². The van der Waals surface area contributed by atoms with Crippen molar-refractivity contribution in [2.24, 2.45) is 0 Å². The molecule has 15 heavy (non-hydrogen) atoms. The maximum absolute atomic E-state index is 10.3. The summed E-state index contributed by atoms with van der Waals surface area (Å²) < 4.78 is 4.88. The average Bonchev–Trinajstić information content (AvgIpc) is 2.31. The lowest BCUT2D eigenvalue weighted by Crippen LogP contribution is -1.91. The maximum Gasteiger partial charge on any atom is 0.298 e. The third-order valence-corrected chi connectivity index (χ3v) is 2.03. The molecule has 0 N–H and O–H groups in total. The molecule has 1 aromatic heterocycles. The Morgan fingerprint density at radius 1 is 1.13 bits per heavy atom. The van der Waals surface area contributed by atoms with Gasteiger partial charge in [0, 0.05) is 23.5 Å². The van der Waals surface area contributed by atoms with Crippen molar-refractivity contribution in [3.63, 3.8) is 0 Å². The first-order valence-electron chi connectivity index (χ1n) is 4.51. The standard InChI is InChI=1S/C12H9NO2/c14-9-15-12-6-2-1-5-11(12)10-4-3-7-13-8-10/h1-9H. The fourth-order valence-electron chi connectivity index (χ4n) is 1.38. The molecule has 0 spiro atoms. The molecule has 1 heterocycles. The second-order valence-corrected chi connectivity index (χ2v) is 2.95. The summed E-state index contributed by atoms with van der Waals surface area (Å²) in [6.45, 7) is 0.426. The van der Waals surface area contributed by atoms with E-state index in [0.717, 1.165) is 11.1 Å². The van der Waals surface area contributed by atoms with Gasteiger partial charge in [-0.15, -0.1) is 0 Å². The second kappa shape index (κ2) is 4.37. The van der Waals surface area contributed by atoms with Crippen LogP contribution in [-0.4, -0.2) is 11.5 Å². The summed E-state index contributed by atoms with van der Waals surface area (Å²) in [6, 6.07) is 11.1. The highest BCUT2D eigenvalue weighted by Gasteiger charge is 2.04. The van der Waals surface area contributed by atoms with E-state index in [0.29, 0.717) is 12.2 Å². The molecule has 0 aliphatic carbocycles. The van der Waals surface area contributed by atoms with Gasteiger partial charge in [-0.3, -0.25) is 9.78 Å². The van der Waals surface area contributed by atoms with Gasteiger partial charge in [0.15, 0.2) is 0 Å². The first-order valence-corrected chi connectivity index (χ1v) is 4.51. The molecule has 0 radical (unpaired) electrons. The summed E-state index contributed by atoms with van der Waals surface area (Å²) in [5.74, 6) is 0.542. The molecule has 0 unspecified atom stereocenters. The zero-order chi connectivity index (χ0) is 10.5. The number of ether oxygens (including phenoxy) is 1. The minimum Gasteiger partial charge on any atom is -0.428 e. The number of nitrogens with zero attached hydrogens (tertiary/aromatic N) is 1. The second-order valence-electron chi connectivity index (χ2n) is 2.95. The smallest absolute Gasteiger partial charge is 0.298 e. The molecule has 3 nitrogen and oxygen atoms in total. The van der Waals surface area contributed by atoms with Crippen LogP contribution in [-0.2, 0) is 4.79 Å². The van der Waals surface area contributed by atoms with Gasteiger partial charge in [0.05, 0.1) is 0 Å². The van der Waals surface area contributed by atoms with Crippen molar-refractivity contribution in [2.75, 3.05) is 0 Å². The van der Waals surface area contributed by atoms with Crippen LogP contribution >= 0.6 is 0 Å². The average molecular weight is 199 g/mol. The number of carbonyl (C=O) groups is 1. The Morgan fingerprint density at radius 3 is 2.73 bits per heavy atom. The minimum atomic E-state index is 0.426. The van der Waals surface area contributed by atoms with E-state index in [9.17, 15) is 4.79 Å². The van der Waals surface area contributed by atoms with E-state index in [1.54, 1.807) is 18.5 Å². The number of hydrogen-bond donors (Lipinski definition) is 0. The van der Waals surface area contributed by atoms with Crippen LogP contribution in [0, 0.1) is 0 Å². The minimum absolute atomic E-state index is 0.426. The van der Waals surface area contributed by atoms with Gasteiger partial charge in [-0.25, -0.2) is 0 Å². The summed E-state index contributed by atoms with van der Waals surface area (Å²) in [6.07, 6.45) is 3.43. The van der Waals surface area contributed by atoms with Crippen LogP contribution in [0.25, 0.3) is 11.1 Å². The van der Waals surface area contributed by atoms with Gasteiger partial charge in [-0.1, -0.05) is 24.3 Å². The summed E-state index contributed by atoms with van der Waals surface area (Å²) >= 11 is 0. The van der Waals surface area contributed by atoms with Crippen molar-refractivity contribution in [2.45, 2.75) is 0 Å². The number of aromatic nitrogens is 1. The van der Waals surface area contributed by atoms with Crippen molar-refractivity contribution < 1.29 is 9.53 Å². The van der Waals surface area contributed by atoms with Crippen LogP contribution in [0.5, 0.6) is 5.75 Å². The highest BCUT2D eigenvalue weighted by molar-refractivity contribution is 5.71. The lowest BCUT2D eigenvalue weighted by atomic mass is 10.1. The molecule has 0 aliphatic rings. The van der Waals surface area contributed by atoms with Crippen molar-refractivity contribution in [3.8, 4) is 16.9 Å². The Hall–Kier alpha value is -2.16. The van der Waals surface area contributed by atoms with Gasteiger partial charge >= 0.3 is 0 Å². The van der Waals surface area contributed by atoms with Crippen LogP contribution < -0.4 is 4.74 Å². The predicted molar refractivity (Wildman–Crippen MR) is 56.4 cm³/mol. The van der Waals surface area contributed by atoms with E-state index in [1.165, 1.54) is 0 Å². The van der Waals surface area contributed by atoms with Gasteiger partial charge < -0.3 is 4.74 Å². The van der Waals surface area contributed by atoms with E-state index in [4.69, 9.17) is 4.74 Å². The third kappa shape index (κ3) is 2.02. The van der Waals surface area contributed by atoms with Crippen LogP contribution in [0.3, 0.4) is 0 Å². The monoisotopic (exact) mass is 199 g/mol. The molecular weight excluding hydrogens is 190 g/mol. The molecule has 0 atom stereocenters. The molecule has 3 heteroatoms. The van der Waals surface area contributed by atoms with Crippen molar-refractivity contribution in [1.29, 1.82) is 0 Å². The summed E-state index contributed by atoms with van der Waals surface area (Å²) in [5.41, 5.74) is 1.78. The lowest BCUT2D eigenvalue weighted by Gasteiger charge is -2.05. The van der Waals surface area contributed by atoms with Crippen LogP contribution in [0.4, 0.5) is 0 Å². The van der Waals surface area contributed by atoms with Gasteiger partial charge in [-0.2, -0.15) is 0 Å². The fraction of sp³-hybridized carbons (Fsp3) is 0. The zero-order valence-corrected chi connectivity index (χ0v) is 7.96. The number of pyridine rings is 1. The molecule has 0 saturated carbocycles. The molecule has 1 aromatic carbocycles. The molecule has 0 amide bonds. The normalized spacial score (nSPS) is 9.60. The molecule has 2 aromatic rings. The molecule has 0 fully saturated rings. The van der Waals surface area contributed by atoms with Crippen LogP contribution in [0.2, 0.25) is 0 Å². The quantitative estimate of drug-likeness (QED) is 0.712. The SMILES string of the molecule is O=COc1ccccc1-c1cccnc1. The zero-order valence-electron chi connectivity index (χ0n) is 7.96. The third-order valence-electron chi connectivity index (χ3n) is 2.03. The van der Waals surface area contributed by atoms with E-state index in [-0.39, 0.29) is 0 Å². The highest BCUT2D eigenvalue weighted by Crippen LogP contribution is 2.28. The van der Waals surface area contributed by atoms with E-state index in [1.807, 2.05) is 30.3 Å². The summed E-state index contributed by atoms with van der Waals surface area (Å²) in [5, 5.41) is 0. The van der Waals surface area contributed by atoms with Gasteiger partial charge in [0.1, 0.15) is 5.75 Å². The van der Waals surface area contributed by atoms with E-state index >= 15 is 0 Å². The Balaban J connectivity index is 2.48. The Bertz CT molecular complexity index is 454. The number of para-hydroxylation sites is 1. The molecule has 2 rings (SSSR count). The van der Waals surface area contributed by atoms with Crippen molar-refractivity contribution in [3.05, 3.63) is 48.8 Å². The highest BCUT2D eigenvalue weighted by atomic mass is 16.5. The first-order chi connectivity index (χ1) is 7.42. The van der Waals surface area contributed by atoms with Crippen LogP contribution in [0.1, 0.15) is 0 Å². The predicted octanol–water partition coefficient (Wildman–Crippen LogP) is 2.28. The molecular formula is C12H9NO2. The molecule has 0 saturated heterocycles. The van der Waals surface area contributed by atoms with Gasteiger partial charge in [0.25, 0.3) is 6.47 Å². The number of carbonyl (C=O) groups excluding carboxylic acids is 1. The number of hydrogen-bond acceptors (Lipinski definition) is 3. The first kappa shape index (κ1) is 9.40. The maximum atomic E-state index is 10.3. The lowest BCUT2D eigenvalue weighted by molar-refractivity contribution is -0.120. The summed E-state index contributed by atoms with van der Waals surface area (Å²) in [7, 11) is 0. The Morgan fingerprint density at radius 2 is 2.00 bits per heavy atom. The largest absolute Gasteiger partial charge is 0.428 e.